The second-order valence-corrected chi connectivity index (χ2v) is 10.8. The van der Waals surface area contributed by atoms with Gasteiger partial charge in [-0.3, -0.25) is 14.6 Å². The number of rotatable bonds is 15. The molecule has 4 aromatic rings. The van der Waals surface area contributed by atoms with Crippen molar-refractivity contribution < 1.29 is 24.2 Å². The summed E-state index contributed by atoms with van der Waals surface area (Å²) in [6.07, 6.45) is 6.50. The van der Waals surface area contributed by atoms with Gasteiger partial charge in [0, 0.05) is 48.7 Å². The first-order valence-corrected chi connectivity index (χ1v) is 14.6. The molecule has 1 aliphatic rings. The minimum Gasteiger partial charge on any atom is -0.494 e. The Morgan fingerprint density at radius 2 is 1.63 bits per heavy atom. The summed E-state index contributed by atoms with van der Waals surface area (Å²) in [7, 11) is 0. The lowest BCUT2D eigenvalue weighted by Crippen LogP contribution is -2.34. The topological polar surface area (TPSA) is 109 Å². The summed E-state index contributed by atoms with van der Waals surface area (Å²) in [4.78, 5) is 44.2. The second-order valence-electron chi connectivity index (χ2n) is 10.8. The average Bonchev–Trinajstić information content (AvgIpc) is 3.87. The number of aromatic nitrogens is 1. The molecule has 220 valence electrons. The smallest absolute Gasteiger partial charge is 0.326 e. The van der Waals surface area contributed by atoms with Crippen molar-refractivity contribution >= 4 is 23.3 Å². The molecule has 1 saturated carbocycles. The number of ketones is 1. The molecule has 0 spiro atoms. The number of nitrogens with zero attached hydrogens (tertiary/aromatic N) is 2. The Labute approximate surface area is 251 Å². The fraction of sp³-hybridized carbons (Fsp3) is 0.257. The van der Waals surface area contributed by atoms with E-state index >= 15 is 0 Å². The molecule has 8 nitrogen and oxygen atoms in total. The van der Waals surface area contributed by atoms with Crippen molar-refractivity contribution in [3.63, 3.8) is 0 Å². The zero-order valence-electron chi connectivity index (χ0n) is 23.9. The zero-order valence-corrected chi connectivity index (χ0v) is 23.9. The van der Waals surface area contributed by atoms with E-state index in [4.69, 9.17) is 4.74 Å². The van der Waals surface area contributed by atoms with E-state index < -0.39 is 12.0 Å². The van der Waals surface area contributed by atoms with E-state index in [1.54, 1.807) is 73.1 Å². The number of carboxylic acids is 1. The van der Waals surface area contributed by atoms with Gasteiger partial charge in [0.15, 0.2) is 5.78 Å². The number of carbonyl (C=O) groups is 3. The third-order valence-corrected chi connectivity index (χ3v) is 7.41. The Hall–Kier alpha value is -4.98. The molecule has 0 radical (unpaired) electrons. The number of para-hydroxylation sites is 1. The van der Waals surface area contributed by atoms with Crippen LogP contribution in [0.1, 0.15) is 51.1 Å². The number of carboxylic acid groups (broad SMARTS) is 1. The van der Waals surface area contributed by atoms with Crippen molar-refractivity contribution in [1.29, 1.82) is 0 Å². The molecule has 1 heterocycles. The molecule has 8 heteroatoms. The summed E-state index contributed by atoms with van der Waals surface area (Å²) in [5.41, 5.74) is 2.84. The summed E-state index contributed by atoms with van der Waals surface area (Å²) >= 11 is 0. The Morgan fingerprint density at radius 1 is 0.907 bits per heavy atom. The Bertz CT molecular complexity index is 1520. The number of anilines is 1. The van der Waals surface area contributed by atoms with Crippen LogP contribution in [0.25, 0.3) is 0 Å². The van der Waals surface area contributed by atoms with Crippen molar-refractivity contribution in [2.24, 2.45) is 5.92 Å². The fourth-order valence-electron chi connectivity index (χ4n) is 4.90. The van der Waals surface area contributed by atoms with Gasteiger partial charge in [-0.1, -0.05) is 54.6 Å². The van der Waals surface area contributed by atoms with E-state index in [0.29, 0.717) is 53.6 Å². The Kier molecular flexibility index (Phi) is 9.79. The van der Waals surface area contributed by atoms with E-state index in [1.165, 1.54) is 0 Å². The van der Waals surface area contributed by atoms with Crippen LogP contribution in [0.3, 0.4) is 0 Å². The summed E-state index contributed by atoms with van der Waals surface area (Å²) < 4.78 is 5.93. The largest absolute Gasteiger partial charge is 0.494 e. The predicted molar refractivity (Wildman–Crippen MR) is 164 cm³/mol. The first-order chi connectivity index (χ1) is 21.0. The first kappa shape index (κ1) is 29.5. The van der Waals surface area contributed by atoms with Gasteiger partial charge >= 0.3 is 5.97 Å². The van der Waals surface area contributed by atoms with Crippen LogP contribution >= 0.6 is 0 Å². The van der Waals surface area contributed by atoms with Crippen molar-refractivity contribution in [2.45, 2.75) is 31.7 Å². The third kappa shape index (κ3) is 8.29. The van der Waals surface area contributed by atoms with E-state index in [2.05, 4.69) is 10.3 Å². The lowest BCUT2D eigenvalue weighted by atomic mass is 10.00. The third-order valence-electron chi connectivity index (χ3n) is 7.41. The van der Waals surface area contributed by atoms with Gasteiger partial charge in [-0.05, 0) is 67.1 Å². The molecule has 43 heavy (non-hydrogen) atoms. The molecule has 1 amide bonds. The highest BCUT2D eigenvalue weighted by Gasteiger charge is 2.27. The molecule has 1 aliphatic carbocycles. The number of nitrogens with one attached hydrogen (secondary N) is 1. The molecular formula is C35H35N3O5. The first-order valence-electron chi connectivity index (χ1n) is 14.6. The maximum absolute atomic E-state index is 13.1. The minimum absolute atomic E-state index is 0.00185. The Balaban J connectivity index is 1.15. The molecule has 1 aromatic heterocycles. The zero-order chi connectivity index (χ0) is 30.0. The molecule has 1 atom stereocenters. The van der Waals surface area contributed by atoms with Crippen LogP contribution in [0, 0.1) is 5.92 Å². The highest BCUT2D eigenvalue weighted by Crippen LogP contribution is 2.30. The van der Waals surface area contributed by atoms with E-state index in [-0.39, 0.29) is 18.1 Å². The molecule has 1 fully saturated rings. The lowest BCUT2D eigenvalue weighted by Gasteiger charge is -2.22. The summed E-state index contributed by atoms with van der Waals surface area (Å²) in [5.74, 6) is 0.0639. The predicted octanol–water partition coefficient (Wildman–Crippen LogP) is 5.74. The van der Waals surface area contributed by atoms with Crippen LogP contribution in [0.15, 0.2) is 103 Å². The van der Waals surface area contributed by atoms with Crippen LogP contribution in [0.4, 0.5) is 5.69 Å². The summed E-state index contributed by atoms with van der Waals surface area (Å²) in [6.45, 7) is 1.81. The molecule has 0 aliphatic heterocycles. The van der Waals surface area contributed by atoms with Gasteiger partial charge in [0.05, 0.1) is 12.2 Å². The van der Waals surface area contributed by atoms with E-state index in [0.717, 1.165) is 24.9 Å². The van der Waals surface area contributed by atoms with E-state index in [1.807, 2.05) is 35.2 Å². The molecule has 5 rings (SSSR count). The SMILES string of the molecule is O=C(c1ccccc1)c1ccccc1N[C@@H](Cc1ccc(OCCCN(CC2CC2)C(=O)c2cccnc2)cc1)C(=O)O. The van der Waals surface area contributed by atoms with Crippen molar-refractivity contribution in [1.82, 2.24) is 9.88 Å². The minimum atomic E-state index is -1.01. The lowest BCUT2D eigenvalue weighted by molar-refractivity contribution is -0.137. The Morgan fingerprint density at radius 3 is 2.33 bits per heavy atom. The monoisotopic (exact) mass is 577 g/mol. The molecular weight excluding hydrogens is 542 g/mol. The molecule has 0 unspecified atom stereocenters. The van der Waals surface area contributed by atoms with Gasteiger partial charge in [-0.2, -0.15) is 0 Å². The number of pyridine rings is 1. The van der Waals surface area contributed by atoms with Crippen molar-refractivity contribution in [3.8, 4) is 5.75 Å². The van der Waals surface area contributed by atoms with Crippen LogP contribution in [0.5, 0.6) is 5.75 Å². The molecule has 0 bridgehead atoms. The summed E-state index contributed by atoms with van der Waals surface area (Å²) in [6, 6.07) is 25.8. The number of hydrogen-bond donors (Lipinski definition) is 2. The number of amides is 1. The van der Waals surface area contributed by atoms with Gasteiger partial charge in [0.25, 0.3) is 5.91 Å². The van der Waals surface area contributed by atoms with Gasteiger partial charge in [0.1, 0.15) is 11.8 Å². The normalized spacial score (nSPS) is 13.1. The maximum Gasteiger partial charge on any atom is 0.326 e. The van der Waals surface area contributed by atoms with Crippen LogP contribution in [0.2, 0.25) is 0 Å². The summed E-state index contributed by atoms with van der Waals surface area (Å²) in [5, 5.41) is 13.0. The van der Waals surface area contributed by atoms with Gasteiger partial charge in [-0.15, -0.1) is 0 Å². The van der Waals surface area contributed by atoms with Crippen LogP contribution in [-0.2, 0) is 11.2 Å². The molecule has 0 saturated heterocycles. The van der Waals surface area contributed by atoms with E-state index in [9.17, 15) is 19.5 Å². The quantitative estimate of drug-likeness (QED) is 0.137. The highest BCUT2D eigenvalue weighted by atomic mass is 16.5. The molecule has 2 N–H and O–H groups in total. The average molecular weight is 578 g/mol. The number of ether oxygens (including phenoxy) is 1. The van der Waals surface area contributed by atoms with Crippen LogP contribution in [-0.4, -0.2) is 58.4 Å². The van der Waals surface area contributed by atoms with Gasteiger partial charge in [-0.25, -0.2) is 4.79 Å². The van der Waals surface area contributed by atoms with Crippen LogP contribution < -0.4 is 10.1 Å². The number of carbonyl (C=O) groups excluding carboxylic acids is 2. The number of hydrogen-bond acceptors (Lipinski definition) is 6. The molecule has 3 aromatic carbocycles. The van der Waals surface area contributed by atoms with Gasteiger partial charge < -0.3 is 20.1 Å². The standard InChI is InChI=1S/C35H35N3O5/c39-33(27-8-2-1-3-9-27)30-11-4-5-12-31(30)37-32(35(41)42)22-25-15-17-29(18-16-25)43-21-7-20-38(24-26-13-14-26)34(40)28-10-6-19-36-23-28/h1-6,8-12,15-19,23,26,32,37H,7,13-14,20-22,24H2,(H,41,42)/t32-/m0/s1. The highest BCUT2D eigenvalue weighted by molar-refractivity contribution is 6.12. The fourth-order valence-corrected chi connectivity index (χ4v) is 4.90. The maximum atomic E-state index is 13.1. The second kappa shape index (κ2) is 14.3. The number of benzene rings is 3. The van der Waals surface area contributed by atoms with Crippen molar-refractivity contribution in [2.75, 3.05) is 25.0 Å². The number of aliphatic carboxylic acids is 1. The van der Waals surface area contributed by atoms with Crippen molar-refractivity contribution in [3.05, 3.63) is 126 Å². The van der Waals surface area contributed by atoms with Gasteiger partial charge in [0.2, 0.25) is 0 Å².